The monoisotopic (exact) mass is 323 g/mol. The lowest BCUT2D eigenvalue weighted by Gasteiger charge is -2.15. The van der Waals surface area contributed by atoms with Crippen molar-refractivity contribution >= 4 is 13.7 Å². The maximum Gasteiger partial charge on any atom is 0.469 e. The number of aliphatic hydroxyl groups excluding tert-OH is 2. The molecule has 2 heterocycles. The summed E-state index contributed by atoms with van der Waals surface area (Å²) in [5.41, 5.74) is 0.0511. The standard InChI is InChI=1S/C9H14N3O8P/c13-6-5(2-19-21(16,17)18)20-9(7(6)14)12-8(15)4-1-10-3-11-4/h1,3,5-7,9,13-14H,2H2,(H,10,11)(H,12,15)(H2,16,17,18)/t5-,6-,7-,9?/m1/s1. The van der Waals surface area contributed by atoms with Crippen LogP contribution in [-0.2, 0) is 13.8 Å². The van der Waals surface area contributed by atoms with Crippen LogP contribution in [0.15, 0.2) is 12.5 Å². The highest BCUT2D eigenvalue weighted by Gasteiger charge is 2.44. The van der Waals surface area contributed by atoms with Crippen molar-refractivity contribution < 1.29 is 38.6 Å². The summed E-state index contributed by atoms with van der Waals surface area (Å²) >= 11 is 0. The van der Waals surface area contributed by atoms with Crippen LogP contribution in [0.3, 0.4) is 0 Å². The molecule has 4 atom stereocenters. The van der Waals surface area contributed by atoms with Crippen molar-refractivity contribution in [1.29, 1.82) is 0 Å². The molecule has 1 amide bonds. The molecule has 2 rings (SSSR count). The molecule has 1 aromatic heterocycles. The van der Waals surface area contributed by atoms with Gasteiger partial charge in [0.2, 0.25) is 0 Å². The normalized spacial score (nSPS) is 29.5. The van der Waals surface area contributed by atoms with E-state index in [0.29, 0.717) is 0 Å². The first-order valence-electron chi connectivity index (χ1n) is 5.79. The number of hydrogen-bond donors (Lipinski definition) is 6. The van der Waals surface area contributed by atoms with Crippen LogP contribution in [0.5, 0.6) is 0 Å². The maximum absolute atomic E-state index is 11.7. The maximum atomic E-state index is 11.7. The zero-order chi connectivity index (χ0) is 15.6. The van der Waals surface area contributed by atoms with Crippen molar-refractivity contribution in [3.8, 4) is 0 Å². The number of phosphoric ester groups is 1. The average molecular weight is 323 g/mol. The predicted molar refractivity (Wildman–Crippen MR) is 64.7 cm³/mol. The Bertz CT molecular complexity index is 531. The molecule has 0 radical (unpaired) electrons. The first kappa shape index (κ1) is 16.0. The van der Waals surface area contributed by atoms with Gasteiger partial charge >= 0.3 is 7.82 Å². The van der Waals surface area contributed by atoms with Gasteiger partial charge in [0.05, 0.1) is 12.9 Å². The van der Waals surface area contributed by atoms with Crippen LogP contribution in [0.4, 0.5) is 0 Å². The molecule has 1 aliphatic rings. The Morgan fingerprint density at radius 1 is 1.48 bits per heavy atom. The molecule has 0 saturated carbocycles. The Labute approximate surface area is 118 Å². The quantitative estimate of drug-likeness (QED) is 0.325. The van der Waals surface area contributed by atoms with E-state index in [2.05, 4.69) is 19.8 Å². The van der Waals surface area contributed by atoms with Crippen molar-refractivity contribution in [2.75, 3.05) is 6.61 Å². The molecule has 118 valence electrons. The molecule has 21 heavy (non-hydrogen) atoms. The third-order valence-electron chi connectivity index (χ3n) is 2.77. The van der Waals surface area contributed by atoms with Crippen LogP contribution in [0, 0.1) is 0 Å². The number of carbonyl (C=O) groups excluding carboxylic acids is 1. The van der Waals surface area contributed by atoms with Gasteiger partial charge < -0.3 is 35.0 Å². The number of ether oxygens (including phenoxy) is 1. The summed E-state index contributed by atoms with van der Waals surface area (Å²) in [5, 5.41) is 21.7. The van der Waals surface area contributed by atoms with Crippen LogP contribution < -0.4 is 5.32 Å². The van der Waals surface area contributed by atoms with Gasteiger partial charge in [0, 0.05) is 6.20 Å². The van der Waals surface area contributed by atoms with Gasteiger partial charge in [-0.3, -0.25) is 9.32 Å². The zero-order valence-corrected chi connectivity index (χ0v) is 11.4. The summed E-state index contributed by atoms with van der Waals surface area (Å²) in [4.78, 5) is 35.1. The minimum absolute atomic E-state index is 0.0511. The van der Waals surface area contributed by atoms with Crippen LogP contribution in [0.2, 0.25) is 0 Å². The lowest BCUT2D eigenvalue weighted by atomic mass is 10.1. The summed E-state index contributed by atoms with van der Waals surface area (Å²) in [6, 6.07) is 0. The van der Waals surface area contributed by atoms with E-state index in [9.17, 15) is 19.6 Å². The number of hydrogen-bond acceptors (Lipinski definition) is 7. The van der Waals surface area contributed by atoms with Crippen LogP contribution in [0.1, 0.15) is 10.5 Å². The molecule has 1 aliphatic heterocycles. The van der Waals surface area contributed by atoms with Gasteiger partial charge in [0.25, 0.3) is 5.91 Å². The smallest absolute Gasteiger partial charge is 0.387 e. The highest BCUT2D eigenvalue weighted by atomic mass is 31.2. The SMILES string of the molecule is O=C(NC1O[C@H](COP(=O)(O)O)[C@@H](O)[C@H]1O)c1c[nH]cn1. The number of aromatic nitrogens is 2. The van der Waals surface area contributed by atoms with Crippen molar-refractivity contribution in [3.63, 3.8) is 0 Å². The minimum atomic E-state index is -4.73. The molecule has 1 fully saturated rings. The molecular weight excluding hydrogens is 309 g/mol. The Hall–Kier alpha value is -1.33. The number of nitrogens with zero attached hydrogens (tertiary/aromatic N) is 1. The molecule has 0 aromatic carbocycles. The first-order valence-corrected chi connectivity index (χ1v) is 7.32. The Kier molecular flexibility index (Phi) is 4.74. The lowest BCUT2D eigenvalue weighted by Crippen LogP contribution is -2.43. The number of H-pyrrole nitrogens is 1. The summed E-state index contributed by atoms with van der Waals surface area (Å²) in [5.74, 6) is -0.649. The zero-order valence-electron chi connectivity index (χ0n) is 10.5. The van der Waals surface area contributed by atoms with Gasteiger partial charge in [-0.1, -0.05) is 0 Å². The molecule has 1 saturated heterocycles. The van der Waals surface area contributed by atoms with Crippen LogP contribution >= 0.6 is 7.82 Å². The molecule has 11 nitrogen and oxygen atoms in total. The lowest BCUT2D eigenvalue weighted by molar-refractivity contribution is -0.0300. The van der Waals surface area contributed by atoms with Gasteiger partial charge in [0.15, 0.2) is 6.23 Å². The van der Waals surface area contributed by atoms with Gasteiger partial charge in [-0.25, -0.2) is 9.55 Å². The number of aromatic amines is 1. The fraction of sp³-hybridized carbons (Fsp3) is 0.556. The van der Waals surface area contributed by atoms with Gasteiger partial charge in [-0.2, -0.15) is 0 Å². The van der Waals surface area contributed by atoms with Crippen LogP contribution in [-0.4, -0.2) is 67.0 Å². The van der Waals surface area contributed by atoms with Crippen molar-refractivity contribution in [2.45, 2.75) is 24.5 Å². The molecule has 1 aromatic rings. The topological polar surface area (TPSA) is 174 Å². The predicted octanol–water partition coefficient (Wildman–Crippen LogP) is -2.30. The largest absolute Gasteiger partial charge is 0.469 e. The highest BCUT2D eigenvalue weighted by Crippen LogP contribution is 2.37. The van der Waals surface area contributed by atoms with E-state index in [1.54, 1.807) is 0 Å². The van der Waals surface area contributed by atoms with Crippen LogP contribution in [0.25, 0.3) is 0 Å². The van der Waals surface area contributed by atoms with Gasteiger partial charge in [-0.15, -0.1) is 0 Å². The Morgan fingerprint density at radius 3 is 2.76 bits per heavy atom. The summed E-state index contributed by atoms with van der Waals surface area (Å²) in [7, 11) is -4.73. The van der Waals surface area contributed by atoms with E-state index in [1.807, 2.05) is 0 Å². The third kappa shape index (κ3) is 4.08. The molecule has 0 bridgehead atoms. The first-order chi connectivity index (χ1) is 9.78. The van der Waals surface area contributed by atoms with Gasteiger partial charge in [0.1, 0.15) is 24.0 Å². The second kappa shape index (κ2) is 6.20. The van der Waals surface area contributed by atoms with Crippen molar-refractivity contribution in [2.24, 2.45) is 0 Å². The number of carbonyl (C=O) groups is 1. The Morgan fingerprint density at radius 2 is 2.19 bits per heavy atom. The molecule has 0 spiro atoms. The number of imidazole rings is 1. The van der Waals surface area contributed by atoms with Crippen molar-refractivity contribution in [3.05, 3.63) is 18.2 Å². The second-order valence-electron chi connectivity index (χ2n) is 4.29. The van der Waals surface area contributed by atoms with E-state index < -0.39 is 44.9 Å². The van der Waals surface area contributed by atoms with E-state index in [0.717, 1.165) is 0 Å². The highest BCUT2D eigenvalue weighted by molar-refractivity contribution is 7.46. The van der Waals surface area contributed by atoms with E-state index in [1.165, 1.54) is 12.5 Å². The molecule has 1 unspecified atom stereocenters. The third-order valence-corrected chi connectivity index (χ3v) is 3.26. The number of amides is 1. The molecular formula is C9H14N3O8P. The number of rotatable bonds is 5. The van der Waals surface area contributed by atoms with Gasteiger partial charge in [-0.05, 0) is 0 Å². The fourth-order valence-electron chi connectivity index (χ4n) is 1.76. The molecule has 0 aliphatic carbocycles. The van der Waals surface area contributed by atoms with E-state index in [-0.39, 0.29) is 5.69 Å². The summed E-state index contributed by atoms with van der Waals surface area (Å²) in [6.07, 6.45) is -2.79. The summed E-state index contributed by atoms with van der Waals surface area (Å²) < 4.78 is 19.9. The number of phosphoric acid groups is 1. The number of aliphatic hydroxyl groups is 2. The fourth-order valence-corrected chi connectivity index (χ4v) is 2.10. The second-order valence-corrected chi connectivity index (χ2v) is 5.53. The molecule has 6 N–H and O–H groups in total. The molecule has 12 heteroatoms. The van der Waals surface area contributed by atoms with E-state index in [4.69, 9.17) is 14.5 Å². The van der Waals surface area contributed by atoms with E-state index >= 15 is 0 Å². The van der Waals surface area contributed by atoms with Crippen molar-refractivity contribution in [1.82, 2.24) is 15.3 Å². The number of nitrogens with one attached hydrogen (secondary N) is 2. The minimum Gasteiger partial charge on any atom is -0.387 e. The Balaban J connectivity index is 1.93. The average Bonchev–Trinajstić information content (AvgIpc) is 3.00. The summed E-state index contributed by atoms with van der Waals surface area (Å²) in [6.45, 7) is -0.642.